The minimum atomic E-state index is -6.29. The molecule has 0 unspecified atom stereocenters. The predicted molar refractivity (Wildman–Crippen MR) is 200 cm³/mol. The van der Waals surface area contributed by atoms with Crippen molar-refractivity contribution in [1.29, 1.82) is 0 Å². The Kier molecular flexibility index (Phi) is 14.8. The molecule has 6 saturated carbocycles. The molecule has 0 aromatic carbocycles. The van der Waals surface area contributed by atoms with Crippen LogP contribution < -0.4 is 0 Å². The van der Waals surface area contributed by atoms with Gasteiger partial charge >= 0.3 is 326 Å². The summed E-state index contributed by atoms with van der Waals surface area (Å²) in [4.78, 5) is 27.8. The van der Waals surface area contributed by atoms with Crippen molar-refractivity contribution in [1.82, 2.24) is 0 Å². The van der Waals surface area contributed by atoms with E-state index >= 15 is 26.3 Å². The Labute approximate surface area is 323 Å². The second-order valence-corrected chi connectivity index (χ2v) is 43.1. The maximum atomic E-state index is 16.3. The summed E-state index contributed by atoms with van der Waals surface area (Å²) < 4.78 is 110. The van der Waals surface area contributed by atoms with E-state index in [1.165, 1.54) is 0 Å². The molecule has 53 heavy (non-hydrogen) atoms. The van der Waals surface area contributed by atoms with Crippen LogP contribution in [-0.4, -0.2) is 67.3 Å². The molecule has 6 fully saturated rings. The molecule has 4 nitrogen and oxygen atoms in total. The average molecular weight is 974 g/mol. The van der Waals surface area contributed by atoms with Gasteiger partial charge in [-0.25, -0.2) is 0 Å². The third kappa shape index (κ3) is 8.50. The van der Waals surface area contributed by atoms with E-state index in [0.29, 0.717) is 0 Å². The van der Waals surface area contributed by atoms with E-state index in [0.717, 1.165) is 193 Å². The van der Waals surface area contributed by atoms with Gasteiger partial charge in [0.15, 0.2) is 0 Å². The van der Waals surface area contributed by atoms with Gasteiger partial charge in [-0.05, 0) is 0 Å². The van der Waals surface area contributed by atoms with E-state index in [9.17, 15) is 9.59 Å². The van der Waals surface area contributed by atoms with Crippen LogP contribution in [0.15, 0.2) is 0 Å². The van der Waals surface area contributed by atoms with Crippen LogP contribution >= 0.6 is 0 Å². The fourth-order valence-corrected chi connectivity index (χ4v) is 52.0. The Bertz CT molecular complexity index is 1020. The molecule has 0 aliphatic heterocycles. The zero-order valence-electron chi connectivity index (χ0n) is 32.1. The first kappa shape index (κ1) is 42.7. The number of hydrogen-bond acceptors (Lipinski definition) is 4. The van der Waals surface area contributed by atoms with Gasteiger partial charge in [0.1, 0.15) is 0 Å². The molecule has 304 valence electrons. The molecule has 0 aromatic rings. The number of alkyl halides is 6. The summed E-state index contributed by atoms with van der Waals surface area (Å²) in [5.41, 5.74) is 0. The van der Waals surface area contributed by atoms with Gasteiger partial charge in [0.2, 0.25) is 0 Å². The molecule has 0 amide bonds. The Morgan fingerprint density at radius 1 is 0.340 bits per heavy atom. The van der Waals surface area contributed by atoms with Gasteiger partial charge in [0, 0.05) is 0 Å². The van der Waals surface area contributed by atoms with E-state index < -0.39 is 67.3 Å². The van der Waals surface area contributed by atoms with Crippen LogP contribution in [0.5, 0.6) is 0 Å². The maximum absolute atomic E-state index is 16.3. The molecule has 0 heterocycles. The van der Waals surface area contributed by atoms with Gasteiger partial charge in [-0.15, -0.1) is 0 Å². The topological polar surface area (TPSA) is 52.6 Å². The van der Waals surface area contributed by atoms with Gasteiger partial charge in [-0.2, -0.15) is 0 Å². The van der Waals surface area contributed by atoms with Crippen molar-refractivity contribution in [2.45, 2.75) is 234 Å². The molecule has 0 N–H and O–H groups in total. The molecule has 6 rings (SSSR count). The monoisotopic (exact) mass is 976 g/mol. The van der Waals surface area contributed by atoms with E-state index in [1.54, 1.807) is 0 Å². The van der Waals surface area contributed by atoms with Crippen molar-refractivity contribution in [3.8, 4) is 0 Å². The minimum absolute atomic E-state index is 0.0840. The summed E-state index contributed by atoms with van der Waals surface area (Å²) >= 11 is -9.29. The summed E-state index contributed by atoms with van der Waals surface area (Å²) in [6, 6.07) is 0. The van der Waals surface area contributed by atoms with Crippen LogP contribution in [0.25, 0.3) is 0 Å². The van der Waals surface area contributed by atoms with E-state index in [2.05, 4.69) is 0 Å². The van der Waals surface area contributed by atoms with Crippen LogP contribution in [0.4, 0.5) is 26.3 Å². The second-order valence-electron chi connectivity index (χ2n) is 18.2. The van der Waals surface area contributed by atoms with Crippen LogP contribution in [0.1, 0.15) is 193 Å². The van der Waals surface area contributed by atoms with Crippen molar-refractivity contribution >= 4 is 49.5 Å². The van der Waals surface area contributed by atoms with Crippen LogP contribution in [-0.2, 0) is 15.7 Å². The standard InChI is InChI=1S/6C6H11.C5H2F6O4.2Sn/c6*1-2-4-6-5-3-1;6-3(7,1(12)13)5(10,11)4(8,9)2(14)15;;/h6*1H,2-6H2;(H,12,13)(H,14,15);;/q;;;;;;;2*+1/p-2. The van der Waals surface area contributed by atoms with Gasteiger partial charge in [-0.3, -0.25) is 0 Å². The molecule has 0 spiro atoms. The van der Waals surface area contributed by atoms with Crippen LogP contribution in [0.3, 0.4) is 0 Å². The Balaban J connectivity index is 1.33. The van der Waals surface area contributed by atoms with Gasteiger partial charge in [-0.1, -0.05) is 0 Å². The number of halogens is 6. The number of rotatable bonds is 12. The predicted octanol–water partition coefficient (Wildman–Crippen LogP) is 13.9. The second kappa shape index (κ2) is 18.4. The van der Waals surface area contributed by atoms with Crippen molar-refractivity contribution in [3.05, 3.63) is 0 Å². The molecule has 0 atom stereocenters. The number of carbonyl (C=O) groups excluding carboxylic acids is 2. The van der Waals surface area contributed by atoms with E-state index in [-0.39, 0.29) is 23.6 Å². The number of hydrogen-bond donors (Lipinski definition) is 0. The van der Waals surface area contributed by atoms with Gasteiger partial charge in [0.05, 0.1) is 0 Å². The fraction of sp³-hybridized carbons (Fsp3) is 0.951. The molecular weight excluding hydrogens is 908 g/mol. The van der Waals surface area contributed by atoms with Crippen LogP contribution in [0, 0.1) is 0 Å². The summed E-state index contributed by atoms with van der Waals surface area (Å²) in [6.07, 6.45) is 25.0. The third-order valence-corrected chi connectivity index (χ3v) is 50.1. The first-order valence-corrected chi connectivity index (χ1v) is 34.2. The molecule has 6 aliphatic carbocycles. The quantitative estimate of drug-likeness (QED) is 0.144. The van der Waals surface area contributed by atoms with Gasteiger partial charge in [0.25, 0.3) is 0 Å². The first-order chi connectivity index (χ1) is 25.4. The third-order valence-electron chi connectivity index (χ3n) is 15.3. The zero-order valence-corrected chi connectivity index (χ0v) is 37.8. The zero-order chi connectivity index (χ0) is 37.7. The Hall–Kier alpha value is 0.117. The molecule has 0 radical (unpaired) electrons. The Morgan fingerprint density at radius 2 is 0.509 bits per heavy atom. The SMILES string of the molecule is O=C([O][Sn]([CH]1CCCCC1)([CH]1CCCCC1)[CH]1CCCCC1)C(F)(F)C(F)(F)C(F)(F)C(=O)[O][Sn]([CH]1CCCCC1)([CH]1CCCCC1)[CH]1CCCCC1. The molecule has 12 heteroatoms. The van der Waals surface area contributed by atoms with E-state index in [1.807, 2.05) is 0 Å². The Morgan fingerprint density at radius 3 is 0.679 bits per heavy atom. The average Bonchev–Trinajstić information content (AvgIpc) is 3.20. The molecule has 0 bridgehead atoms. The van der Waals surface area contributed by atoms with Gasteiger partial charge < -0.3 is 0 Å². The summed E-state index contributed by atoms with van der Waals surface area (Å²) in [5, 5.41) is 0. The normalized spacial score (nSPS) is 25.6. The van der Waals surface area contributed by atoms with E-state index in [4.69, 9.17) is 6.15 Å². The first-order valence-electron chi connectivity index (χ1n) is 22.0. The summed E-state index contributed by atoms with van der Waals surface area (Å²) in [5.74, 6) is -23.1. The van der Waals surface area contributed by atoms with Crippen molar-refractivity contribution in [2.24, 2.45) is 0 Å². The molecule has 6 aliphatic rings. The molecular formula is C41H66F6O4Sn2. The fourth-order valence-electron chi connectivity index (χ4n) is 12.7. The van der Waals surface area contributed by atoms with Crippen LogP contribution in [0.2, 0.25) is 23.6 Å². The molecule has 0 saturated heterocycles. The van der Waals surface area contributed by atoms with Crippen molar-refractivity contribution in [2.75, 3.05) is 0 Å². The summed E-state index contributed by atoms with van der Waals surface area (Å²) in [7, 11) is 0. The summed E-state index contributed by atoms with van der Waals surface area (Å²) in [6.45, 7) is 0. The number of carbonyl (C=O) groups is 2. The molecule has 0 aromatic heterocycles. The van der Waals surface area contributed by atoms with Crippen molar-refractivity contribution < 1.29 is 42.1 Å². The van der Waals surface area contributed by atoms with Crippen molar-refractivity contribution in [3.63, 3.8) is 0 Å².